The number of nitrogens with zero attached hydrogens (tertiary/aromatic N) is 3. The van der Waals surface area contributed by atoms with Gasteiger partial charge in [0.2, 0.25) is 5.91 Å². The molecule has 28 heavy (non-hydrogen) atoms. The van der Waals surface area contributed by atoms with E-state index in [9.17, 15) is 27.2 Å². The van der Waals surface area contributed by atoms with Crippen LogP contribution in [0.3, 0.4) is 0 Å². The van der Waals surface area contributed by atoms with E-state index in [1.165, 1.54) is 16.0 Å². The van der Waals surface area contributed by atoms with Crippen LogP contribution in [0.2, 0.25) is 5.02 Å². The Balaban J connectivity index is 1.76. The zero-order chi connectivity index (χ0) is 20.5. The van der Waals surface area contributed by atoms with E-state index < -0.39 is 29.4 Å². The summed E-state index contributed by atoms with van der Waals surface area (Å²) in [6, 6.07) is 2.72. The summed E-state index contributed by atoms with van der Waals surface area (Å²) in [6.07, 6.45) is -3.77. The summed E-state index contributed by atoms with van der Waals surface area (Å²) < 4.78 is 54.8. The van der Waals surface area contributed by atoms with Crippen molar-refractivity contribution in [2.24, 2.45) is 0 Å². The van der Waals surface area contributed by atoms with Gasteiger partial charge in [0.05, 0.1) is 17.8 Å². The Hall–Kier alpha value is -2.82. The van der Waals surface area contributed by atoms with Crippen LogP contribution in [0.1, 0.15) is 5.56 Å². The van der Waals surface area contributed by atoms with Gasteiger partial charge >= 0.3 is 6.36 Å². The van der Waals surface area contributed by atoms with Gasteiger partial charge in [-0.15, -0.1) is 13.2 Å². The third-order valence-corrected chi connectivity index (χ3v) is 4.31. The molecule has 3 rings (SSSR count). The Kier molecular flexibility index (Phi) is 5.45. The van der Waals surface area contributed by atoms with Crippen LogP contribution in [-0.2, 0) is 11.3 Å². The minimum Gasteiger partial charge on any atom is -0.405 e. The first-order chi connectivity index (χ1) is 13.1. The van der Waals surface area contributed by atoms with Crippen molar-refractivity contribution in [2.75, 3.05) is 24.5 Å². The second kappa shape index (κ2) is 7.66. The number of hydrogen-bond acceptors (Lipinski definition) is 5. The van der Waals surface area contributed by atoms with Crippen LogP contribution in [-0.4, -0.2) is 47.0 Å². The number of amides is 1. The standard InChI is InChI=1S/C16H13ClF4N4O3/c17-11-6-22-23-15(27)14(11)25-4-3-24(13(26)8-25)7-9-1-2-10(18)5-12(9)28-16(19,20)21/h1-2,5-6H,3-4,7-8H2,(H,23,27). The first-order valence-electron chi connectivity index (χ1n) is 7.94. The van der Waals surface area contributed by atoms with Crippen molar-refractivity contribution in [2.45, 2.75) is 12.9 Å². The number of H-pyrrole nitrogens is 1. The highest BCUT2D eigenvalue weighted by Gasteiger charge is 2.33. The monoisotopic (exact) mass is 420 g/mol. The van der Waals surface area contributed by atoms with Crippen molar-refractivity contribution < 1.29 is 27.1 Å². The van der Waals surface area contributed by atoms with Gasteiger partial charge in [-0.1, -0.05) is 17.7 Å². The molecule has 1 aromatic heterocycles. The lowest BCUT2D eigenvalue weighted by Crippen LogP contribution is -2.51. The van der Waals surface area contributed by atoms with Crippen molar-refractivity contribution >= 4 is 23.2 Å². The van der Waals surface area contributed by atoms with E-state index in [2.05, 4.69) is 14.9 Å². The number of carbonyl (C=O) groups is 1. The minimum atomic E-state index is -5.00. The average molecular weight is 421 g/mol. The molecule has 0 atom stereocenters. The molecule has 0 bridgehead atoms. The molecule has 12 heteroatoms. The molecule has 0 spiro atoms. The predicted molar refractivity (Wildman–Crippen MR) is 90.6 cm³/mol. The van der Waals surface area contributed by atoms with E-state index in [0.717, 1.165) is 12.1 Å². The molecule has 2 heterocycles. The maximum atomic E-state index is 13.3. The number of hydrogen-bond donors (Lipinski definition) is 1. The van der Waals surface area contributed by atoms with Gasteiger partial charge in [-0.2, -0.15) is 5.10 Å². The lowest BCUT2D eigenvalue weighted by molar-refractivity contribution is -0.275. The van der Waals surface area contributed by atoms with Crippen molar-refractivity contribution in [3.8, 4) is 5.75 Å². The Morgan fingerprint density at radius 1 is 1.25 bits per heavy atom. The van der Waals surface area contributed by atoms with Gasteiger partial charge in [0.25, 0.3) is 5.56 Å². The molecule has 7 nitrogen and oxygen atoms in total. The zero-order valence-electron chi connectivity index (χ0n) is 14.1. The number of aromatic nitrogens is 2. The number of benzene rings is 1. The van der Waals surface area contributed by atoms with E-state index in [1.54, 1.807) is 0 Å². The Bertz CT molecular complexity index is 950. The molecule has 1 saturated heterocycles. The van der Waals surface area contributed by atoms with Crippen molar-refractivity contribution in [3.05, 3.63) is 51.2 Å². The topological polar surface area (TPSA) is 78.5 Å². The normalized spacial score (nSPS) is 15.1. The van der Waals surface area contributed by atoms with E-state index >= 15 is 0 Å². The van der Waals surface area contributed by atoms with Crippen molar-refractivity contribution in [3.63, 3.8) is 0 Å². The summed E-state index contributed by atoms with van der Waals surface area (Å²) in [4.78, 5) is 27.1. The van der Waals surface area contributed by atoms with Crippen LogP contribution in [0.4, 0.5) is 23.2 Å². The zero-order valence-corrected chi connectivity index (χ0v) is 14.8. The first kappa shape index (κ1) is 19.9. The molecule has 1 N–H and O–H groups in total. The largest absolute Gasteiger partial charge is 0.573 e. The summed E-state index contributed by atoms with van der Waals surface area (Å²) in [5.74, 6) is -2.05. The first-order valence-corrected chi connectivity index (χ1v) is 8.32. The summed E-state index contributed by atoms with van der Waals surface area (Å²) >= 11 is 5.97. The van der Waals surface area contributed by atoms with Gasteiger partial charge in [-0.05, 0) is 6.07 Å². The van der Waals surface area contributed by atoms with Crippen LogP contribution in [0.5, 0.6) is 5.75 Å². The highest BCUT2D eigenvalue weighted by atomic mass is 35.5. The van der Waals surface area contributed by atoms with E-state index in [0.29, 0.717) is 6.07 Å². The van der Waals surface area contributed by atoms with Gasteiger partial charge in [0, 0.05) is 31.3 Å². The number of ether oxygens (including phenoxy) is 1. The molecule has 2 aromatic rings. The maximum absolute atomic E-state index is 13.3. The molecule has 0 radical (unpaired) electrons. The lowest BCUT2D eigenvalue weighted by Gasteiger charge is -2.35. The molecular formula is C16H13ClF4N4O3. The van der Waals surface area contributed by atoms with E-state index in [4.69, 9.17) is 11.6 Å². The fourth-order valence-corrected chi connectivity index (χ4v) is 3.07. The lowest BCUT2D eigenvalue weighted by atomic mass is 10.1. The highest BCUT2D eigenvalue weighted by Crippen LogP contribution is 2.29. The Morgan fingerprint density at radius 3 is 2.64 bits per heavy atom. The Morgan fingerprint density at radius 2 is 2.00 bits per heavy atom. The van der Waals surface area contributed by atoms with Crippen LogP contribution >= 0.6 is 11.6 Å². The van der Waals surface area contributed by atoms with Gasteiger partial charge in [0.15, 0.2) is 0 Å². The molecule has 1 aliphatic heterocycles. The number of anilines is 1. The van der Waals surface area contributed by atoms with Crippen LogP contribution in [0.25, 0.3) is 0 Å². The van der Waals surface area contributed by atoms with Crippen LogP contribution in [0.15, 0.2) is 29.2 Å². The van der Waals surface area contributed by atoms with E-state index in [1.807, 2.05) is 0 Å². The average Bonchev–Trinajstić information content (AvgIpc) is 2.57. The molecule has 150 valence electrons. The number of alkyl halides is 3. The number of carbonyl (C=O) groups excluding carboxylic acids is 1. The van der Waals surface area contributed by atoms with Crippen LogP contribution in [0, 0.1) is 5.82 Å². The quantitative estimate of drug-likeness (QED) is 0.768. The molecule has 1 amide bonds. The molecule has 0 aliphatic carbocycles. The fraction of sp³-hybridized carbons (Fsp3) is 0.312. The number of aromatic amines is 1. The number of halogens is 5. The second-order valence-corrected chi connectivity index (χ2v) is 6.34. The highest BCUT2D eigenvalue weighted by molar-refractivity contribution is 6.33. The summed E-state index contributed by atoms with van der Waals surface area (Å²) in [5, 5.41) is 5.84. The smallest absolute Gasteiger partial charge is 0.405 e. The summed E-state index contributed by atoms with van der Waals surface area (Å²) in [6.45, 7) is -0.0861. The van der Waals surface area contributed by atoms with Gasteiger partial charge in [-0.25, -0.2) is 9.49 Å². The van der Waals surface area contributed by atoms with Crippen molar-refractivity contribution in [1.29, 1.82) is 0 Å². The number of nitrogens with one attached hydrogen (secondary N) is 1. The van der Waals surface area contributed by atoms with Crippen LogP contribution < -0.4 is 15.2 Å². The number of rotatable bonds is 4. The van der Waals surface area contributed by atoms with Gasteiger partial charge in [0.1, 0.15) is 17.3 Å². The minimum absolute atomic E-state index is 0.000292. The molecular weight excluding hydrogens is 408 g/mol. The maximum Gasteiger partial charge on any atom is 0.573 e. The van der Waals surface area contributed by atoms with Gasteiger partial charge < -0.3 is 14.5 Å². The third-order valence-electron chi connectivity index (χ3n) is 4.04. The molecule has 1 aromatic carbocycles. The molecule has 1 aliphatic rings. The third kappa shape index (κ3) is 4.53. The van der Waals surface area contributed by atoms with Crippen molar-refractivity contribution in [1.82, 2.24) is 15.1 Å². The SMILES string of the molecule is O=C1CN(c2c(Cl)cn[nH]c2=O)CCN1Cc1ccc(F)cc1OC(F)(F)F. The molecule has 1 fully saturated rings. The second-order valence-electron chi connectivity index (χ2n) is 5.93. The summed E-state index contributed by atoms with van der Waals surface area (Å²) in [5.41, 5.74) is -0.471. The molecule has 0 saturated carbocycles. The van der Waals surface area contributed by atoms with Gasteiger partial charge in [-0.3, -0.25) is 9.59 Å². The predicted octanol–water partition coefficient (Wildman–Crippen LogP) is 2.31. The van der Waals surface area contributed by atoms with E-state index in [-0.39, 0.29) is 42.5 Å². The fourth-order valence-electron chi connectivity index (χ4n) is 2.82. The summed E-state index contributed by atoms with van der Waals surface area (Å²) in [7, 11) is 0. The Labute approximate surface area is 160 Å². The number of piperazine rings is 1. The molecule has 0 unspecified atom stereocenters.